The molecule has 3 rings (SSSR count). The minimum absolute atomic E-state index is 0.0471. The number of carboxylic acids is 1. The Kier molecular flexibility index (Phi) is 10.3. The van der Waals surface area contributed by atoms with Crippen LogP contribution >= 0.6 is 11.8 Å². The molecule has 0 radical (unpaired) electrons. The van der Waals surface area contributed by atoms with Gasteiger partial charge in [0.2, 0.25) is 0 Å². The Labute approximate surface area is 211 Å². The molecule has 0 aromatic heterocycles. The highest BCUT2D eigenvalue weighted by Crippen LogP contribution is 2.26. The third kappa shape index (κ3) is 7.96. The van der Waals surface area contributed by atoms with E-state index < -0.39 is 17.9 Å². The van der Waals surface area contributed by atoms with E-state index in [-0.39, 0.29) is 6.61 Å². The molecule has 0 saturated heterocycles. The number of nitrogens with zero attached hydrogens (tertiary/aromatic N) is 1. The summed E-state index contributed by atoms with van der Waals surface area (Å²) in [6.07, 6.45) is 2.27. The van der Waals surface area contributed by atoms with Gasteiger partial charge in [-0.05, 0) is 52.8 Å². The van der Waals surface area contributed by atoms with Crippen molar-refractivity contribution < 1.29 is 19.8 Å². The number of benzene rings is 3. The maximum Gasteiger partial charge on any atom is 0.326 e. The van der Waals surface area contributed by atoms with Gasteiger partial charge in [0.25, 0.3) is 5.91 Å². The van der Waals surface area contributed by atoms with Crippen LogP contribution in [0.2, 0.25) is 0 Å². The molecule has 3 aromatic carbocycles. The minimum Gasteiger partial charge on any atom is -0.480 e. The second kappa shape index (κ2) is 13.7. The molecule has 0 aliphatic carbocycles. The average molecular weight is 493 g/mol. The van der Waals surface area contributed by atoms with Crippen LogP contribution in [0.15, 0.2) is 78.9 Å². The maximum absolute atomic E-state index is 13.2. The Balaban J connectivity index is 1.88. The molecule has 0 heterocycles. The molecular weight excluding hydrogens is 460 g/mol. The fourth-order valence-corrected chi connectivity index (χ4v) is 4.40. The van der Waals surface area contributed by atoms with E-state index in [1.807, 2.05) is 66.9 Å². The monoisotopic (exact) mass is 492 g/mol. The predicted octanol–water partition coefficient (Wildman–Crippen LogP) is 4.28. The maximum atomic E-state index is 13.2. The van der Waals surface area contributed by atoms with Crippen LogP contribution in [0.3, 0.4) is 0 Å². The molecule has 0 bridgehead atoms. The smallest absolute Gasteiger partial charge is 0.326 e. The molecule has 7 heteroatoms. The summed E-state index contributed by atoms with van der Waals surface area (Å²) < 4.78 is 0. The molecule has 184 valence electrons. The normalized spacial score (nSPS) is 11.9. The molecule has 0 aliphatic heterocycles. The number of carbonyl (C=O) groups is 2. The van der Waals surface area contributed by atoms with E-state index in [1.165, 1.54) is 0 Å². The van der Waals surface area contributed by atoms with E-state index in [1.54, 1.807) is 17.8 Å². The first-order valence-electron chi connectivity index (χ1n) is 11.6. The largest absolute Gasteiger partial charge is 0.480 e. The summed E-state index contributed by atoms with van der Waals surface area (Å²) in [6, 6.07) is 24.4. The van der Waals surface area contributed by atoms with Crippen molar-refractivity contribution in [2.24, 2.45) is 0 Å². The number of aliphatic hydroxyl groups excluding tert-OH is 1. The summed E-state index contributed by atoms with van der Waals surface area (Å²) in [6.45, 7) is 1.86. The van der Waals surface area contributed by atoms with Crippen molar-refractivity contribution >= 4 is 23.6 Å². The molecule has 1 unspecified atom stereocenters. The van der Waals surface area contributed by atoms with E-state index in [2.05, 4.69) is 22.3 Å². The van der Waals surface area contributed by atoms with Gasteiger partial charge >= 0.3 is 5.97 Å². The van der Waals surface area contributed by atoms with Gasteiger partial charge in [-0.15, -0.1) is 0 Å². The van der Waals surface area contributed by atoms with Crippen LogP contribution < -0.4 is 5.32 Å². The number of rotatable bonds is 13. The van der Waals surface area contributed by atoms with Crippen molar-refractivity contribution in [2.45, 2.75) is 25.6 Å². The Bertz CT molecular complexity index is 1090. The zero-order valence-electron chi connectivity index (χ0n) is 19.9. The van der Waals surface area contributed by atoms with Crippen molar-refractivity contribution in [3.05, 3.63) is 95.6 Å². The molecule has 3 N–H and O–H groups in total. The van der Waals surface area contributed by atoms with Crippen LogP contribution in [0.4, 0.5) is 0 Å². The first-order valence-corrected chi connectivity index (χ1v) is 13.0. The molecule has 0 aliphatic rings. The molecular formula is C28H32N2O4S. The van der Waals surface area contributed by atoms with Crippen LogP contribution in [-0.2, 0) is 17.9 Å². The van der Waals surface area contributed by atoms with Crippen LogP contribution in [-0.4, -0.2) is 58.2 Å². The van der Waals surface area contributed by atoms with Gasteiger partial charge in [0.15, 0.2) is 0 Å². The Morgan fingerprint density at radius 1 is 0.943 bits per heavy atom. The number of aliphatic hydroxyl groups is 1. The zero-order valence-corrected chi connectivity index (χ0v) is 20.7. The third-order valence-corrected chi connectivity index (χ3v) is 6.34. The van der Waals surface area contributed by atoms with Gasteiger partial charge in [-0.1, -0.05) is 66.7 Å². The summed E-state index contributed by atoms with van der Waals surface area (Å²) in [4.78, 5) is 27.0. The first-order chi connectivity index (χ1) is 17.0. The second-order valence-electron chi connectivity index (χ2n) is 8.31. The SMILES string of the molecule is CSCCC(NC(=O)c1ccc(CN(CCO)Cc2ccccc2)cc1-c1ccccc1)C(=O)O. The average Bonchev–Trinajstić information content (AvgIpc) is 2.87. The van der Waals surface area contributed by atoms with E-state index in [9.17, 15) is 19.8 Å². The van der Waals surface area contributed by atoms with Gasteiger partial charge in [0, 0.05) is 25.2 Å². The number of hydrogen-bond acceptors (Lipinski definition) is 5. The molecule has 1 atom stereocenters. The molecule has 35 heavy (non-hydrogen) atoms. The molecule has 3 aromatic rings. The quantitative estimate of drug-likeness (QED) is 0.330. The third-order valence-electron chi connectivity index (χ3n) is 5.70. The lowest BCUT2D eigenvalue weighted by Crippen LogP contribution is -2.41. The van der Waals surface area contributed by atoms with Crippen molar-refractivity contribution in [1.82, 2.24) is 10.2 Å². The van der Waals surface area contributed by atoms with Crippen molar-refractivity contribution in [1.29, 1.82) is 0 Å². The summed E-state index contributed by atoms with van der Waals surface area (Å²) >= 11 is 1.55. The van der Waals surface area contributed by atoms with Crippen LogP contribution in [0.1, 0.15) is 27.9 Å². The van der Waals surface area contributed by atoms with Gasteiger partial charge in [-0.2, -0.15) is 11.8 Å². The van der Waals surface area contributed by atoms with E-state index in [0.717, 1.165) is 22.3 Å². The number of nitrogens with one attached hydrogen (secondary N) is 1. The number of amides is 1. The summed E-state index contributed by atoms with van der Waals surface area (Å²) in [5, 5.41) is 21.8. The molecule has 6 nitrogen and oxygen atoms in total. The van der Waals surface area contributed by atoms with E-state index in [4.69, 9.17) is 0 Å². The van der Waals surface area contributed by atoms with Gasteiger partial charge in [0.05, 0.1) is 6.61 Å². The fourth-order valence-electron chi connectivity index (χ4n) is 3.93. The number of hydrogen-bond donors (Lipinski definition) is 3. The summed E-state index contributed by atoms with van der Waals surface area (Å²) in [5.74, 6) is -0.796. The fraction of sp³-hybridized carbons (Fsp3) is 0.286. The minimum atomic E-state index is -1.04. The molecule has 0 saturated carbocycles. The molecule has 0 fully saturated rings. The number of thioether (sulfide) groups is 1. The zero-order chi connectivity index (χ0) is 25.0. The molecule has 0 spiro atoms. The van der Waals surface area contributed by atoms with Crippen LogP contribution in [0.25, 0.3) is 11.1 Å². The van der Waals surface area contributed by atoms with Crippen molar-refractivity contribution in [2.75, 3.05) is 25.2 Å². The van der Waals surface area contributed by atoms with Gasteiger partial charge < -0.3 is 15.5 Å². The molecule has 1 amide bonds. The highest BCUT2D eigenvalue weighted by molar-refractivity contribution is 7.98. The summed E-state index contributed by atoms with van der Waals surface area (Å²) in [7, 11) is 0. The lowest BCUT2D eigenvalue weighted by molar-refractivity contribution is -0.139. The van der Waals surface area contributed by atoms with Gasteiger partial charge in [0.1, 0.15) is 6.04 Å². The van der Waals surface area contributed by atoms with Crippen molar-refractivity contribution in [3.63, 3.8) is 0 Å². The standard InChI is InChI=1S/C28H32N2O4S/c1-35-17-14-26(28(33)34)29-27(32)24-13-12-22(18-25(24)23-10-6-3-7-11-23)20-30(15-16-31)19-21-8-4-2-5-9-21/h2-13,18,26,31H,14-17,19-20H2,1H3,(H,29,32)(H,33,34). The lowest BCUT2D eigenvalue weighted by Gasteiger charge is -2.23. The first kappa shape index (κ1) is 26.5. The summed E-state index contributed by atoms with van der Waals surface area (Å²) in [5.41, 5.74) is 4.23. The number of aliphatic carboxylic acids is 1. The van der Waals surface area contributed by atoms with Crippen LogP contribution in [0.5, 0.6) is 0 Å². The highest BCUT2D eigenvalue weighted by atomic mass is 32.2. The van der Waals surface area contributed by atoms with Crippen LogP contribution in [0, 0.1) is 0 Å². The van der Waals surface area contributed by atoms with E-state index >= 15 is 0 Å². The Morgan fingerprint density at radius 3 is 2.23 bits per heavy atom. The predicted molar refractivity (Wildman–Crippen MR) is 141 cm³/mol. The highest BCUT2D eigenvalue weighted by Gasteiger charge is 2.22. The lowest BCUT2D eigenvalue weighted by atomic mass is 9.96. The van der Waals surface area contributed by atoms with Gasteiger partial charge in [-0.25, -0.2) is 4.79 Å². The second-order valence-corrected chi connectivity index (χ2v) is 9.30. The Hall–Kier alpha value is -3.13. The van der Waals surface area contributed by atoms with E-state index in [0.29, 0.717) is 37.4 Å². The number of carboxylic acid groups (broad SMARTS) is 1. The van der Waals surface area contributed by atoms with Gasteiger partial charge in [-0.3, -0.25) is 9.69 Å². The van der Waals surface area contributed by atoms with Crippen molar-refractivity contribution in [3.8, 4) is 11.1 Å². The number of carbonyl (C=O) groups excluding carboxylic acids is 1. The topological polar surface area (TPSA) is 89.9 Å². The Morgan fingerprint density at radius 2 is 1.60 bits per heavy atom.